The van der Waals surface area contributed by atoms with Gasteiger partial charge in [-0.05, 0) is 5.41 Å². The molecule has 11 heavy (non-hydrogen) atoms. The van der Waals surface area contributed by atoms with E-state index in [2.05, 4.69) is 0 Å². The highest BCUT2D eigenvalue weighted by Gasteiger charge is 2.44. The number of carbonyl (C=O) groups is 1. The molecule has 3 nitrogen and oxygen atoms in total. The van der Waals surface area contributed by atoms with Crippen molar-refractivity contribution in [3.63, 3.8) is 0 Å². The van der Waals surface area contributed by atoms with Crippen LogP contribution >= 0.6 is 0 Å². The third-order valence-electron chi connectivity index (χ3n) is 1.93. The van der Waals surface area contributed by atoms with Gasteiger partial charge < -0.3 is 9.84 Å². The SMILES string of the molecule is CC(C)(C)[C@H](C(=O)O)C1CO1. The Balaban J connectivity index is 2.66. The molecule has 2 atom stereocenters. The maximum atomic E-state index is 10.7. The molecule has 1 N–H and O–H groups in total. The van der Waals surface area contributed by atoms with Gasteiger partial charge in [0.15, 0.2) is 0 Å². The summed E-state index contributed by atoms with van der Waals surface area (Å²) in [6.07, 6.45) is -0.0486. The summed E-state index contributed by atoms with van der Waals surface area (Å²) in [4.78, 5) is 10.7. The first kappa shape index (κ1) is 8.53. The van der Waals surface area contributed by atoms with Crippen LogP contribution in [0, 0.1) is 11.3 Å². The Bertz CT molecular complexity index is 165. The largest absolute Gasteiger partial charge is 0.481 e. The van der Waals surface area contributed by atoms with Crippen molar-refractivity contribution in [3.8, 4) is 0 Å². The van der Waals surface area contributed by atoms with Gasteiger partial charge in [0, 0.05) is 0 Å². The number of ether oxygens (including phenoxy) is 1. The van der Waals surface area contributed by atoms with Crippen LogP contribution < -0.4 is 0 Å². The molecule has 0 radical (unpaired) electrons. The highest BCUT2D eigenvalue weighted by atomic mass is 16.6. The first-order valence-electron chi connectivity index (χ1n) is 3.77. The summed E-state index contributed by atoms with van der Waals surface area (Å²) in [6.45, 7) is 6.38. The Hall–Kier alpha value is -0.570. The molecule has 1 saturated heterocycles. The summed E-state index contributed by atoms with van der Waals surface area (Å²) in [7, 11) is 0. The zero-order valence-corrected chi connectivity index (χ0v) is 7.13. The molecular formula is C8H14O3. The second-order valence-corrected chi connectivity index (χ2v) is 4.05. The van der Waals surface area contributed by atoms with E-state index in [1.165, 1.54) is 0 Å². The van der Waals surface area contributed by atoms with Crippen molar-refractivity contribution >= 4 is 5.97 Å². The zero-order valence-electron chi connectivity index (χ0n) is 7.13. The van der Waals surface area contributed by atoms with Gasteiger partial charge in [0.05, 0.1) is 18.6 Å². The van der Waals surface area contributed by atoms with Crippen LogP contribution in [-0.2, 0) is 9.53 Å². The third-order valence-corrected chi connectivity index (χ3v) is 1.93. The van der Waals surface area contributed by atoms with Crippen molar-refractivity contribution in [1.82, 2.24) is 0 Å². The molecule has 1 aliphatic rings. The first-order valence-corrected chi connectivity index (χ1v) is 3.77. The molecule has 0 amide bonds. The first-order chi connectivity index (χ1) is 4.93. The van der Waals surface area contributed by atoms with Crippen LogP contribution in [0.2, 0.25) is 0 Å². The molecule has 1 rings (SSSR count). The standard InChI is InChI=1S/C8H14O3/c1-8(2,3)6(7(9)10)5-4-11-5/h5-6H,4H2,1-3H3,(H,9,10)/t5?,6-/m0/s1. The maximum Gasteiger partial charge on any atom is 0.309 e. The Kier molecular flexibility index (Phi) is 1.92. The van der Waals surface area contributed by atoms with E-state index in [1.54, 1.807) is 0 Å². The highest BCUT2D eigenvalue weighted by molar-refractivity contribution is 5.72. The van der Waals surface area contributed by atoms with E-state index in [-0.39, 0.29) is 17.4 Å². The van der Waals surface area contributed by atoms with Crippen LogP contribution in [0.3, 0.4) is 0 Å². The van der Waals surface area contributed by atoms with E-state index >= 15 is 0 Å². The molecule has 0 bridgehead atoms. The average Bonchev–Trinajstić information content (AvgIpc) is 2.42. The van der Waals surface area contributed by atoms with Crippen LogP contribution in [0.25, 0.3) is 0 Å². The van der Waals surface area contributed by atoms with Gasteiger partial charge >= 0.3 is 5.97 Å². The third kappa shape index (κ3) is 1.93. The molecule has 3 heteroatoms. The van der Waals surface area contributed by atoms with Crippen molar-refractivity contribution in [2.45, 2.75) is 26.9 Å². The van der Waals surface area contributed by atoms with Gasteiger partial charge in [0.25, 0.3) is 0 Å². The van der Waals surface area contributed by atoms with Gasteiger partial charge in [0.1, 0.15) is 0 Å². The predicted molar refractivity (Wildman–Crippen MR) is 40.3 cm³/mol. The zero-order chi connectivity index (χ0) is 8.65. The van der Waals surface area contributed by atoms with Gasteiger partial charge in [-0.15, -0.1) is 0 Å². The van der Waals surface area contributed by atoms with Gasteiger partial charge in [-0.25, -0.2) is 0 Å². The van der Waals surface area contributed by atoms with Crippen LogP contribution in [0.1, 0.15) is 20.8 Å². The van der Waals surface area contributed by atoms with Gasteiger partial charge in [-0.3, -0.25) is 4.79 Å². The fraction of sp³-hybridized carbons (Fsp3) is 0.875. The molecule has 0 aromatic heterocycles. The summed E-state index contributed by atoms with van der Waals surface area (Å²) in [6, 6.07) is 0. The quantitative estimate of drug-likeness (QED) is 0.613. The van der Waals surface area contributed by atoms with Crippen LogP contribution in [0.5, 0.6) is 0 Å². The topological polar surface area (TPSA) is 49.8 Å². The lowest BCUT2D eigenvalue weighted by Gasteiger charge is -2.25. The van der Waals surface area contributed by atoms with Crippen LogP contribution in [0.4, 0.5) is 0 Å². The Morgan fingerprint density at radius 2 is 2.09 bits per heavy atom. The second-order valence-electron chi connectivity index (χ2n) is 4.05. The minimum atomic E-state index is -0.750. The van der Waals surface area contributed by atoms with Crippen LogP contribution in [0.15, 0.2) is 0 Å². The van der Waals surface area contributed by atoms with Gasteiger partial charge in [-0.1, -0.05) is 20.8 Å². The fourth-order valence-electron chi connectivity index (χ4n) is 1.34. The van der Waals surface area contributed by atoms with E-state index in [0.717, 1.165) is 0 Å². The maximum absolute atomic E-state index is 10.7. The number of carboxylic acid groups (broad SMARTS) is 1. The average molecular weight is 158 g/mol. The minimum Gasteiger partial charge on any atom is -0.481 e. The molecular weight excluding hydrogens is 144 g/mol. The number of epoxide rings is 1. The summed E-state index contributed by atoms with van der Waals surface area (Å²) in [5, 5.41) is 8.84. The molecule has 0 spiro atoms. The van der Waals surface area contributed by atoms with Gasteiger partial charge in [-0.2, -0.15) is 0 Å². The number of hydrogen-bond acceptors (Lipinski definition) is 2. The van der Waals surface area contributed by atoms with Crippen molar-refractivity contribution in [2.75, 3.05) is 6.61 Å². The summed E-state index contributed by atoms with van der Waals surface area (Å²) >= 11 is 0. The summed E-state index contributed by atoms with van der Waals surface area (Å²) in [5.74, 6) is -1.11. The molecule has 1 heterocycles. The summed E-state index contributed by atoms with van der Waals surface area (Å²) < 4.78 is 4.98. The van der Waals surface area contributed by atoms with Crippen molar-refractivity contribution in [3.05, 3.63) is 0 Å². The molecule has 1 unspecified atom stereocenters. The van der Waals surface area contributed by atoms with E-state index in [4.69, 9.17) is 9.84 Å². The summed E-state index contributed by atoms with van der Waals surface area (Å²) in [5.41, 5.74) is -0.201. The Morgan fingerprint density at radius 1 is 1.64 bits per heavy atom. The molecule has 0 aromatic rings. The molecule has 1 aliphatic heterocycles. The lowest BCUT2D eigenvalue weighted by Crippen LogP contribution is -2.32. The molecule has 0 saturated carbocycles. The minimum absolute atomic E-state index is 0.0486. The van der Waals surface area contributed by atoms with E-state index in [0.29, 0.717) is 6.61 Å². The molecule has 64 valence electrons. The highest BCUT2D eigenvalue weighted by Crippen LogP contribution is 2.35. The van der Waals surface area contributed by atoms with Crippen LogP contribution in [-0.4, -0.2) is 23.8 Å². The predicted octanol–water partition coefficient (Wildman–Crippen LogP) is 1.13. The van der Waals surface area contributed by atoms with E-state index < -0.39 is 5.97 Å². The van der Waals surface area contributed by atoms with Crippen molar-refractivity contribution in [1.29, 1.82) is 0 Å². The molecule has 0 aliphatic carbocycles. The number of aliphatic carboxylic acids is 1. The smallest absolute Gasteiger partial charge is 0.309 e. The fourth-order valence-corrected chi connectivity index (χ4v) is 1.34. The van der Waals surface area contributed by atoms with Crippen molar-refractivity contribution < 1.29 is 14.6 Å². The van der Waals surface area contributed by atoms with E-state index in [1.807, 2.05) is 20.8 Å². The lowest BCUT2D eigenvalue weighted by atomic mass is 9.79. The number of carboxylic acids is 1. The molecule has 1 fully saturated rings. The Labute approximate surface area is 66.4 Å². The Morgan fingerprint density at radius 3 is 2.18 bits per heavy atom. The number of hydrogen-bond donors (Lipinski definition) is 1. The monoisotopic (exact) mass is 158 g/mol. The van der Waals surface area contributed by atoms with E-state index in [9.17, 15) is 4.79 Å². The van der Waals surface area contributed by atoms with Crippen molar-refractivity contribution in [2.24, 2.45) is 11.3 Å². The molecule has 0 aromatic carbocycles. The normalized spacial score (nSPS) is 26.3. The van der Waals surface area contributed by atoms with Gasteiger partial charge in [0.2, 0.25) is 0 Å². The number of rotatable bonds is 2. The second kappa shape index (κ2) is 2.48. The lowest BCUT2D eigenvalue weighted by molar-refractivity contribution is -0.146.